The van der Waals surface area contributed by atoms with Crippen molar-refractivity contribution >= 4 is 11.7 Å². The number of nitrogens with one attached hydrogen (secondary N) is 2. The molecule has 1 saturated heterocycles. The van der Waals surface area contributed by atoms with E-state index in [1.54, 1.807) is 10.7 Å². The van der Waals surface area contributed by atoms with E-state index < -0.39 is 0 Å². The molecule has 0 saturated carbocycles. The van der Waals surface area contributed by atoms with Crippen LogP contribution in [0.5, 0.6) is 0 Å². The first-order chi connectivity index (χ1) is 13.4. The van der Waals surface area contributed by atoms with Gasteiger partial charge in [-0.2, -0.15) is 5.10 Å². The number of aryl methyl sites for hydroxylation is 4. The van der Waals surface area contributed by atoms with Crippen LogP contribution < -0.4 is 10.6 Å². The van der Waals surface area contributed by atoms with Crippen molar-refractivity contribution in [2.75, 3.05) is 18.4 Å². The van der Waals surface area contributed by atoms with Gasteiger partial charge in [0.15, 0.2) is 17.4 Å². The maximum absolute atomic E-state index is 12.6. The van der Waals surface area contributed by atoms with Gasteiger partial charge in [-0.3, -0.25) is 4.79 Å². The number of amides is 1. The fourth-order valence-electron chi connectivity index (χ4n) is 3.54. The second kappa shape index (κ2) is 7.20. The van der Waals surface area contributed by atoms with E-state index in [2.05, 4.69) is 25.7 Å². The molecule has 0 spiro atoms. The molecule has 8 heteroatoms. The number of rotatable bonds is 4. The van der Waals surface area contributed by atoms with E-state index in [0.717, 1.165) is 35.7 Å². The number of nitrogens with zero attached hydrogens (tertiary/aromatic N) is 4. The smallest absolute Gasteiger partial charge is 0.229 e. The third-order valence-electron chi connectivity index (χ3n) is 4.87. The molecule has 0 aromatic carbocycles. The van der Waals surface area contributed by atoms with Crippen molar-refractivity contribution in [2.45, 2.75) is 34.1 Å². The van der Waals surface area contributed by atoms with E-state index in [4.69, 9.17) is 4.42 Å². The summed E-state index contributed by atoms with van der Waals surface area (Å²) in [6, 6.07) is 5.66. The largest absolute Gasteiger partial charge is 0.458 e. The predicted molar refractivity (Wildman–Crippen MR) is 105 cm³/mol. The Morgan fingerprint density at radius 3 is 2.64 bits per heavy atom. The van der Waals surface area contributed by atoms with Gasteiger partial charge in [0.05, 0.1) is 11.6 Å². The molecule has 0 aliphatic carbocycles. The lowest BCUT2D eigenvalue weighted by Crippen LogP contribution is -2.25. The molecule has 0 radical (unpaired) electrons. The Bertz CT molecular complexity index is 965. The van der Waals surface area contributed by atoms with Crippen molar-refractivity contribution in [3.05, 3.63) is 40.9 Å². The second-order valence-corrected chi connectivity index (χ2v) is 7.32. The highest BCUT2D eigenvalue weighted by molar-refractivity contribution is 5.92. The summed E-state index contributed by atoms with van der Waals surface area (Å²) < 4.78 is 7.56. The molecule has 146 valence electrons. The highest BCUT2D eigenvalue weighted by Crippen LogP contribution is 2.26. The van der Waals surface area contributed by atoms with Gasteiger partial charge < -0.3 is 15.1 Å². The fraction of sp³-hybridized carbons (Fsp3) is 0.400. The van der Waals surface area contributed by atoms with Crippen molar-refractivity contribution < 1.29 is 9.21 Å². The molecule has 1 fully saturated rings. The maximum atomic E-state index is 12.6. The zero-order valence-corrected chi connectivity index (χ0v) is 16.5. The average Bonchev–Trinajstić information content (AvgIpc) is 3.35. The average molecular weight is 380 g/mol. The Labute approximate surface area is 163 Å². The van der Waals surface area contributed by atoms with Crippen LogP contribution in [0.25, 0.3) is 17.4 Å². The molecule has 1 amide bonds. The van der Waals surface area contributed by atoms with Gasteiger partial charge in [0.25, 0.3) is 0 Å². The maximum Gasteiger partial charge on any atom is 0.229 e. The minimum absolute atomic E-state index is 0.0404. The molecule has 3 aromatic heterocycles. The first kappa shape index (κ1) is 18.4. The van der Waals surface area contributed by atoms with Crippen LogP contribution in [-0.2, 0) is 4.79 Å². The molecule has 8 nitrogen and oxygen atoms in total. The fourth-order valence-corrected chi connectivity index (χ4v) is 3.54. The van der Waals surface area contributed by atoms with Crippen molar-refractivity contribution in [1.29, 1.82) is 0 Å². The molecule has 1 aliphatic heterocycles. The highest BCUT2D eigenvalue weighted by atomic mass is 16.3. The van der Waals surface area contributed by atoms with Crippen LogP contribution in [0.15, 0.2) is 22.6 Å². The van der Waals surface area contributed by atoms with Gasteiger partial charge in [-0.25, -0.2) is 14.6 Å². The number of furan rings is 1. The summed E-state index contributed by atoms with van der Waals surface area (Å²) in [5.74, 6) is 2.75. The molecule has 0 bridgehead atoms. The van der Waals surface area contributed by atoms with E-state index >= 15 is 0 Å². The Balaban J connectivity index is 1.77. The first-order valence-electron chi connectivity index (χ1n) is 9.42. The van der Waals surface area contributed by atoms with Gasteiger partial charge in [-0.15, -0.1) is 0 Å². The molecule has 28 heavy (non-hydrogen) atoms. The molecular weight excluding hydrogens is 356 g/mol. The van der Waals surface area contributed by atoms with Crippen LogP contribution >= 0.6 is 0 Å². The van der Waals surface area contributed by atoms with Gasteiger partial charge in [0.2, 0.25) is 5.91 Å². The zero-order chi connectivity index (χ0) is 19.8. The zero-order valence-electron chi connectivity index (χ0n) is 16.5. The van der Waals surface area contributed by atoms with E-state index in [1.165, 1.54) is 0 Å². The minimum atomic E-state index is -0.0526. The topological polar surface area (TPSA) is 97.9 Å². The summed E-state index contributed by atoms with van der Waals surface area (Å²) in [5, 5.41) is 10.7. The Hall–Kier alpha value is -3.00. The molecule has 1 unspecified atom stereocenters. The van der Waals surface area contributed by atoms with Gasteiger partial charge in [-0.05, 0) is 58.4 Å². The molecule has 4 rings (SSSR count). The summed E-state index contributed by atoms with van der Waals surface area (Å²) in [4.78, 5) is 21.8. The van der Waals surface area contributed by atoms with Crippen molar-refractivity contribution in [2.24, 2.45) is 5.92 Å². The van der Waals surface area contributed by atoms with Gasteiger partial charge >= 0.3 is 0 Å². The van der Waals surface area contributed by atoms with Gasteiger partial charge in [0, 0.05) is 18.3 Å². The van der Waals surface area contributed by atoms with E-state index in [1.807, 2.05) is 39.8 Å². The number of carbonyl (C=O) groups excluding carboxylic acids is 1. The Morgan fingerprint density at radius 1 is 1.21 bits per heavy atom. The standard InChI is InChI=1S/C20H24N6O2/c1-11-7-14(4)28-18(11)19-22-16(23-20(27)15-5-6-21-10-15)9-17(24-19)26-13(3)8-12(2)25-26/h7-9,15,21H,5-6,10H2,1-4H3,(H,22,23,24,27). The lowest BCUT2D eigenvalue weighted by Gasteiger charge is -2.12. The third kappa shape index (κ3) is 3.55. The number of aromatic nitrogens is 4. The highest BCUT2D eigenvalue weighted by Gasteiger charge is 2.24. The molecule has 4 heterocycles. The predicted octanol–water partition coefficient (Wildman–Crippen LogP) is 2.70. The second-order valence-electron chi connectivity index (χ2n) is 7.32. The van der Waals surface area contributed by atoms with Crippen LogP contribution in [0.4, 0.5) is 5.82 Å². The minimum Gasteiger partial charge on any atom is -0.458 e. The van der Waals surface area contributed by atoms with Crippen molar-refractivity contribution in [3.63, 3.8) is 0 Å². The number of carbonyl (C=O) groups is 1. The monoisotopic (exact) mass is 380 g/mol. The summed E-state index contributed by atoms with van der Waals surface area (Å²) >= 11 is 0. The third-order valence-corrected chi connectivity index (χ3v) is 4.87. The lowest BCUT2D eigenvalue weighted by atomic mass is 10.1. The molecule has 2 N–H and O–H groups in total. The van der Waals surface area contributed by atoms with Crippen LogP contribution in [0.3, 0.4) is 0 Å². The molecular formula is C20H24N6O2. The van der Waals surface area contributed by atoms with E-state index in [-0.39, 0.29) is 11.8 Å². The first-order valence-corrected chi connectivity index (χ1v) is 9.42. The Morgan fingerprint density at radius 2 is 2.04 bits per heavy atom. The Kier molecular flexibility index (Phi) is 4.72. The summed E-state index contributed by atoms with van der Waals surface area (Å²) in [6.45, 7) is 9.28. The van der Waals surface area contributed by atoms with E-state index in [0.29, 0.717) is 29.8 Å². The van der Waals surface area contributed by atoms with Gasteiger partial charge in [-0.1, -0.05) is 0 Å². The summed E-state index contributed by atoms with van der Waals surface area (Å²) in [5.41, 5.74) is 2.79. The van der Waals surface area contributed by atoms with Crippen LogP contribution in [0, 0.1) is 33.6 Å². The quantitative estimate of drug-likeness (QED) is 0.722. The molecule has 3 aromatic rings. The van der Waals surface area contributed by atoms with E-state index in [9.17, 15) is 4.79 Å². The summed E-state index contributed by atoms with van der Waals surface area (Å²) in [7, 11) is 0. The number of hydrogen-bond acceptors (Lipinski definition) is 6. The SMILES string of the molecule is Cc1cc(C)n(-c2cc(NC(=O)C3CCNC3)nc(-c3oc(C)cc3C)n2)n1. The van der Waals surface area contributed by atoms with Crippen LogP contribution in [0.2, 0.25) is 0 Å². The normalized spacial score (nSPS) is 16.5. The van der Waals surface area contributed by atoms with Crippen LogP contribution in [-0.4, -0.2) is 38.7 Å². The van der Waals surface area contributed by atoms with Crippen molar-refractivity contribution in [3.8, 4) is 17.4 Å². The van der Waals surface area contributed by atoms with Crippen LogP contribution in [0.1, 0.15) is 29.1 Å². The lowest BCUT2D eigenvalue weighted by molar-refractivity contribution is -0.119. The molecule has 1 atom stereocenters. The van der Waals surface area contributed by atoms with Crippen molar-refractivity contribution in [1.82, 2.24) is 25.1 Å². The summed E-state index contributed by atoms with van der Waals surface area (Å²) in [6.07, 6.45) is 0.824. The molecule has 1 aliphatic rings. The number of anilines is 1. The van der Waals surface area contributed by atoms with Gasteiger partial charge in [0.1, 0.15) is 11.6 Å². The number of hydrogen-bond donors (Lipinski definition) is 2.